The van der Waals surface area contributed by atoms with Gasteiger partial charge in [-0.15, -0.1) is 22.9 Å². The number of thiazole rings is 1. The molecule has 0 bridgehead atoms. The summed E-state index contributed by atoms with van der Waals surface area (Å²) in [6.45, 7) is 1.84. The summed E-state index contributed by atoms with van der Waals surface area (Å²) in [7, 11) is 0. The topological polar surface area (TPSA) is 42.0 Å². The number of para-hydroxylation sites is 1. The first-order valence-corrected chi connectivity index (χ1v) is 6.98. The molecular weight excluding hydrogens is 268 g/mol. The molecule has 0 spiro atoms. The van der Waals surface area contributed by atoms with E-state index in [9.17, 15) is 4.79 Å². The van der Waals surface area contributed by atoms with E-state index in [0.29, 0.717) is 5.88 Å². The molecule has 2 rings (SSSR count). The highest BCUT2D eigenvalue weighted by molar-refractivity contribution is 7.09. The number of benzene rings is 1. The van der Waals surface area contributed by atoms with Crippen LogP contribution in [0.5, 0.6) is 0 Å². The van der Waals surface area contributed by atoms with E-state index in [-0.39, 0.29) is 11.8 Å². The molecule has 0 aliphatic carbocycles. The first-order chi connectivity index (χ1) is 8.70. The van der Waals surface area contributed by atoms with Crippen LogP contribution in [0.1, 0.15) is 23.5 Å². The third kappa shape index (κ3) is 3.09. The number of carbonyl (C=O) groups excluding carboxylic acids is 1. The average Bonchev–Trinajstić information content (AvgIpc) is 2.87. The Hall–Kier alpha value is -1.39. The van der Waals surface area contributed by atoms with E-state index in [0.717, 1.165) is 16.4 Å². The van der Waals surface area contributed by atoms with Crippen molar-refractivity contribution < 1.29 is 4.79 Å². The molecule has 1 amide bonds. The smallest absolute Gasteiger partial charge is 0.234 e. The first-order valence-electron chi connectivity index (χ1n) is 5.57. The van der Waals surface area contributed by atoms with Crippen LogP contribution in [-0.2, 0) is 10.7 Å². The molecule has 2 aromatic rings. The second-order valence-electron chi connectivity index (χ2n) is 3.89. The summed E-state index contributed by atoms with van der Waals surface area (Å²) in [5.41, 5.74) is 1.61. The molecule has 0 saturated heterocycles. The van der Waals surface area contributed by atoms with Gasteiger partial charge in [-0.3, -0.25) is 4.79 Å². The van der Waals surface area contributed by atoms with Gasteiger partial charge < -0.3 is 5.32 Å². The largest absolute Gasteiger partial charge is 0.325 e. The molecule has 0 aliphatic heterocycles. The molecule has 1 unspecified atom stereocenters. The number of alkyl halides is 1. The van der Waals surface area contributed by atoms with Crippen LogP contribution in [0.15, 0.2) is 35.7 Å². The fraction of sp³-hybridized carbons (Fsp3) is 0.231. The highest BCUT2D eigenvalue weighted by atomic mass is 35.5. The molecular formula is C13H13ClN2OS. The van der Waals surface area contributed by atoms with Crippen molar-refractivity contribution in [3.05, 3.63) is 46.4 Å². The molecule has 0 fully saturated rings. The Kier molecular flexibility index (Phi) is 4.33. The van der Waals surface area contributed by atoms with Crippen LogP contribution < -0.4 is 5.32 Å². The van der Waals surface area contributed by atoms with Gasteiger partial charge in [0.2, 0.25) is 5.91 Å². The maximum absolute atomic E-state index is 12.0. The van der Waals surface area contributed by atoms with Crippen molar-refractivity contribution in [1.82, 2.24) is 4.98 Å². The Morgan fingerprint density at radius 2 is 2.17 bits per heavy atom. The van der Waals surface area contributed by atoms with Crippen molar-refractivity contribution in [3.63, 3.8) is 0 Å². The van der Waals surface area contributed by atoms with Crippen molar-refractivity contribution in [1.29, 1.82) is 0 Å². The zero-order valence-corrected chi connectivity index (χ0v) is 11.5. The van der Waals surface area contributed by atoms with Gasteiger partial charge in [0.05, 0.1) is 17.5 Å². The Bertz CT molecular complexity index is 527. The van der Waals surface area contributed by atoms with Crippen LogP contribution in [0.3, 0.4) is 0 Å². The third-order valence-corrected chi connectivity index (χ3v) is 3.86. The molecule has 1 N–H and O–H groups in total. The van der Waals surface area contributed by atoms with Crippen LogP contribution in [0.4, 0.5) is 5.69 Å². The quantitative estimate of drug-likeness (QED) is 0.869. The minimum Gasteiger partial charge on any atom is -0.325 e. The minimum atomic E-state index is -0.271. The molecule has 94 valence electrons. The van der Waals surface area contributed by atoms with E-state index >= 15 is 0 Å². The zero-order valence-electron chi connectivity index (χ0n) is 9.89. The van der Waals surface area contributed by atoms with Crippen molar-refractivity contribution in [2.45, 2.75) is 18.7 Å². The van der Waals surface area contributed by atoms with Crippen molar-refractivity contribution in [2.24, 2.45) is 0 Å². The maximum Gasteiger partial charge on any atom is 0.234 e. The van der Waals surface area contributed by atoms with Gasteiger partial charge in [0.15, 0.2) is 0 Å². The van der Waals surface area contributed by atoms with Crippen LogP contribution >= 0.6 is 22.9 Å². The Labute approximate surface area is 115 Å². The number of anilines is 1. The molecule has 1 heterocycles. The average molecular weight is 281 g/mol. The monoisotopic (exact) mass is 280 g/mol. The Balaban J connectivity index is 2.05. The molecule has 1 aromatic carbocycles. The normalized spacial score (nSPS) is 12.1. The van der Waals surface area contributed by atoms with Crippen molar-refractivity contribution >= 4 is 34.5 Å². The lowest BCUT2D eigenvalue weighted by Gasteiger charge is -2.09. The molecule has 0 aliphatic rings. The number of halogens is 1. The number of rotatable bonds is 4. The molecule has 0 radical (unpaired) electrons. The van der Waals surface area contributed by atoms with Crippen LogP contribution in [0.25, 0.3) is 0 Å². The maximum atomic E-state index is 12.0. The number of amides is 1. The lowest BCUT2D eigenvalue weighted by molar-refractivity contribution is -0.117. The zero-order chi connectivity index (χ0) is 13.0. The fourth-order valence-electron chi connectivity index (χ4n) is 1.47. The number of hydrogen-bond acceptors (Lipinski definition) is 3. The molecule has 1 atom stereocenters. The van der Waals surface area contributed by atoms with Crippen LogP contribution in [-0.4, -0.2) is 10.9 Å². The lowest BCUT2D eigenvalue weighted by atomic mass is 10.1. The van der Waals surface area contributed by atoms with Gasteiger partial charge in [-0.2, -0.15) is 0 Å². The predicted octanol–water partition coefficient (Wildman–Crippen LogP) is 3.62. The van der Waals surface area contributed by atoms with Gasteiger partial charge in [-0.1, -0.05) is 18.2 Å². The summed E-state index contributed by atoms with van der Waals surface area (Å²) >= 11 is 7.16. The van der Waals surface area contributed by atoms with E-state index in [4.69, 9.17) is 11.6 Å². The molecule has 18 heavy (non-hydrogen) atoms. The van der Waals surface area contributed by atoms with Crippen molar-refractivity contribution in [2.75, 3.05) is 5.32 Å². The summed E-state index contributed by atoms with van der Waals surface area (Å²) in [5, 5.41) is 5.54. The van der Waals surface area contributed by atoms with Gasteiger partial charge in [0.1, 0.15) is 5.01 Å². The second-order valence-corrected chi connectivity index (χ2v) is 5.04. The van der Waals surface area contributed by atoms with Gasteiger partial charge >= 0.3 is 0 Å². The highest BCUT2D eigenvalue weighted by Gasteiger charge is 2.18. The summed E-state index contributed by atoms with van der Waals surface area (Å²) < 4.78 is 0. The Morgan fingerprint density at radius 1 is 1.44 bits per heavy atom. The van der Waals surface area contributed by atoms with E-state index in [2.05, 4.69) is 10.3 Å². The minimum absolute atomic E-state index is 0.0586. The second kappa shape index (κ2) is 5.98. The van der Waals surface area contributed by atoms with Crippen molar-refractivity contribution in [3.8, 4) is 0 Å². The predicted molar refractivity (Wildman–Crippen MR) is 75.2 cm³/mol. The number of nitrogens with zero attached hydrogens (tertiary/aromatic N) is 1. The highest BCUT2D eigenvalue weighted by Crippen LogP contribution is 2.22. The summed E-state index contributed by atoms with van der Waals surface area (Å²) in [5.74, 6) is 0.0487. The SMILES string of the molecule is CC(C(=O)Nc1ccccc1)c1nc(CCl)cs1. The number of nitrogens with one attached hydrogen (secondary N) is 1. The lowest BCUT2D eigenvalue weighted by Crippen LogP contribution is -2.18. The van der Waals surface area contributed by atoms with Gasteiger partial charge in [0, 0.05) is 11.1 Å². The van der Waals surface area contributed by atoms with Gasteiger partial charge in [-0.25, -0.2) is 4.98 Å². The number of carbonyl (C=O) groups is 1. The summed E-state index contributed by atoms with van der Waals surface area (Å²) in [6.07, 6.45) is 0. The summed E-state index contributed by atoms with van der Waals surface area (Å²) in [4.78, 5) is 16.4. The van der Waals surface area contributed by atoms with Crippen LogP contribution in [0, 0.1) is 0 Å². The van der Waals surface area contributed by atoms with E-state index < -0.39 is 0 Å². The van der Waals surface area contributed by atoms with Gasteiger partial charge in [0.25, 0.3) is 0 Å². The summed E-state index contributed by atoms with van der Waals surface area (Å²) in [6, 6.07) is 9.39. The number of aromatic nitrogens is 1. The van der Waals surface area contributed by atoms with Gasteiger partial charge in [-0.05, 0) is 19.1 Å². The molecule has 0 saturated carbocycles. The van der Waals surface area contributed by atoms with E-state index in [1.807, 2.05) is 42.6 Å². The molecule has 3 nitrogen and oxygen atoms in total. The molecule has 1 aromatic heterocycles. The fourth-order valence-corrected chi connectivity index (χ4v) is 2.57. The number of hydrogen-bond donors (Lipinski definition) is 1. The standard InChI is InChI=1S/C13H13ClN2OS/c1-9(13-16-11(7-14)8-18-13)12(17)15-10-5-3-2-4-6-10/h2-6,8-9H,7H2,1H3,(H,15,17). The first kappa shape index (κ1) is 13.1. The van der Waals surface area contributed by atoms with Crippen LogP contribution in [0.2, 0.25) is 0 Å². The third-order valence-electron chi connectivity index (χ3n) is 2.51. The van der Waals surface area contributed by atoms with E-state index in [1.54, 1.807) is 0 Å². The Morgan fingerprint density at radius 3 is 2.78 bits per heavy atom. The molecule has 5 heteroatoms. The van der Waals surface area contributed by atoms with E-state index in [1.165, 1.54) is 11.3 Å².